The minimum Gasteiger partial charge on any atom is -0.394 e. The molecule has 0 spiro atoms. The molecule has 4 N–H and O–H groups in total. The summed E-state index contributed by atoms with van der Waals surface area (Å²) in [6, 6.07) is 0. The van der Waals surface area contributed by atoms with Crippen molar-refractivity contribution in [1.29, 1.82) is 0 Å². The van der Waals surface area contributed by atoms with Gasteiger partial charge in [0, 0.05) is 12.6 Å². The first-order valence-corrected chi connectivity index (χ1v) is 7.65. The molecule has 1 aromatic rings. The highest BCUT2D eigenvalue weighted by Crippen LogP contribution is 2.31. The Morgan fingerprint density at radius 1 is 1.52 bits per heavy atom. The van der Waals surface area contributed by atoms with Crippen LogP contribution in [-0.2, 0) is 14.5 Å². The zero-order valence-electron chi connectivity index (χ0n) is 13.6. The van der Waals surface area contributed by atoms with Gasteiger partial charge >= 0.3 is 5.69 Å². The molecule has 10 nitrogen and oxygen atoms in total. The van der Waals surface area contributed by atoms with Gasteiger partial charge < -0.3 is 20.3 Å². The number of hydrogen-bond donors (Lipinski definition) is 4. The number of anilines is 1. The molecule has 11 heteroatoms. The summed E-state index contributed by atoms with van der Waals surface area (Å²) in [5.41, 5.74) is -2.04. The second kappa shape index (κ2) is 7.87. The van der Waals surface area contributed by atoms with Crippen molar-refractivity contribution in [2.75, 3.05) is 11.9 Å². The Morgan fingerprint density at radius 2 is 2.20 bits per heavy atom. The van der Waals surface area contributed by atoms with E-state index in [2.05, 4.69) is 10.3 Å². The fraction of sp³-hybridized carbons (Fsp3) is 0.643. The maximum absolute atomic E-state index is 12.8. The number of amides is 1. The normalized spacial score (nSPS) is 26.2. The van der Waals surface area contributed by atoms with E-state index in [0.717, 1.165) is 10.8 Å². The van der Waals surface area contributed by atoms with Crippen molar-refractivity contribution >= 4 is 11.6 Å². The van der Waals surface area contributed by atoms with Crippen LogP contribution in [0, 0.1) is 5.92 Å². The molecule has 140 valence electrons. The van der Waals surface area contributed by atoms with Crippen LogP contribution < -0.4 is 16.6 Å². The number of carbonyl (C=O) groups excluding carboxylic acids is 1. The van der Waals surface area contributed by atoms with Crippen molar-refractivity contribution in [2.24, 2.45) is 5.92 Å². The van der Waals surface area contributed by atoms with Crippen LogP contribution in [-0.4, -0.2) is 50.6 Å². The quantitative estimate of drug-likeness (QED) is 0.511. The third-order valence-corrected chi connectivity index (χ3v) is 3.71. The zero-order valence-corrected chi connectivity index (χ0v) is 13.6. The van der Waals surface area contributed by atoms with E-state index in [9.17, 15) is 24.0 Å². The van der Waals surface area contributed by atoms with E-state index in [-0.39, 0.29) is 18.0 Å². The summed E-state index contributed by atoms with van der Waals surface area (Å²) in [5, 5.41) is 21.3. The van der Waals surface area contributed by atoms with Crippen molar-refractivity contribution < 1.29 is 29.2 Å². The number of aromatic amines is 1. The number of aliphatic hydroxyl groups is 2. The van der Waals surface area contributed by atoms with Gasteiger partial charge in [0.25, 0.3) is 5.56 Å². The second-order valence-corrected chi connectivity index (χ2v) is 6.15. The summed E-state index contributed by atoms with van der Waals surface area (Å²) >= 11 is 0. The molecule has 1 aliphatic rings. The molecule has 0 saturated carbocycles. The van der Waals surface area contributed by atoms with Gasteiger partial charge in [-0.25, -0.2) is 4.79 Å². The first kappa shape index (κ1) is 19.2. The van der Waals surface area contributed by atoms with E-state index in [0.29, 0.717) is 0 Å². The second-order valence-electron chi connectivity index (χ2n) is 6.15. The van der Waals surface area contributed by atoms with Gasteiger partial charge in [0.15, 0.2) is 12.3 Å². The average Bonchev–Trinajstić information content (AvgIpc) is 2.84. The van der Waals surface area contributed by atoms with Gasteiger partial charge in [0.1, 0.15) is 17.9 Å². The van der Waals surface area contributed by atoms with Crippen molar-refractivity contribution in [3.8, 4) is 0 Å². The van der Waals surface area contributed by atoms with Crippen LogP contribution >= 0.6 is 0 Å². The van der Waals surface area contributed by atoms with Crippen LogP contribution in [0.1, 0.15) is 26.5 Å². The van der Waals surface area contributed by atoms with Gasteiger partial charge in [-0.15, -0.1) is 0 Å². The third-order valence-electron chi connectivity index (χ3n) is 3.71. The molecule has 1 fully saturated rings. The van der Waals surface area contributed by atoms with E-state index in [1.807, 2.05) is 18.8 Å². The van der Waals surface area contributed by atoms with Gasteiger partial charge in [-0.3, -0.25) is 19.1 Å². The van der Waals surface area contributed by atoms with Crippen molar-refractivity contribution in [2.45, 2.75) is 44.8 Å². The Kier molecular flexibility index (Phi) is 6.06. The van der Waals surface area contributed by atoms with Crippen molar-refractivity contribution in [3.63, 3.8) is 0 Å². The molecule has 1 aromatic heterocycles. The lowest BCUT2D eigenvalue weighted by molar-refractivity contribution is -0.221. The molecular formula is C14H20FN3O7. The maximum Gasteiger partial charge on any atom is 0.330 e. The first-order chi connectivity index (χ1) is 11.8. The number of aromatic nitrogens is 2. The smallest absolute Gasteiger partial charge is 0.330 e. The highest BCUT2D eigenvalue weighted by Gasteiger charge is 2.46. The molecule has 25 heavy (non-hydrogen) atoms. The predicted octanol–water partition coefficient (Wildman–Crippen LogP) is -0.958. The monoisotopic (exact) mass is 361 g/mol. The zero-order chi connectivity index (χ0) is 18.7. The Hall–Kier alpha value is -2.08. The molecule has 0 aliphatic carbocycles. The highest BCUT2D eigenvalue weighted by atomic mass is 19.3. The average molecular weight is 361 g/mol. The lowest BCUT2D eigenvalue weighted by atomic mass is 10.1. The van der Waals surface area contributed by atoms with E-state index >= 15 is 0 Å². The Morgan fingerprint density at radius 3 is 2.76 bits per heavy atom. The minimum atomic E-state index is -1.60. The molecule has 0 radical (unpaired) electrons. The Balaban J connectivity index is 2.35. The molecule has 2 rings (SSSR count). The SMILES string of the molecule is CC(C)CC(=O)Nc1cn([C@@H]2O[C@H](CO)[C@H](O)[C@H]2OF)c(=O)[nH]c1=O. The Labute approximate surface area is 141 Å². The standard InChI is InChI=1S/C14H20FN3O7/c1-6(2)3-9(20)16-7-4-18(14(23)17-12(7)22)13-11(25-15)10(21)8(5-19)24-13/h4,6,8,10-11,13,19,21H,3,5H2,1-2H3,(H,16,20)(H,17,22,23)/t8-,10+,11-,13-/m1/s1. The molecule has 1 saturated heterocycles. The minimum absolute atomic E-state index is 0.0490. The van der Waals surface area contributed by atoms with Gasteiger partial charge in [-0.2, -0.15) is 4.94 Å². The van der Waals surface area contributed by atoms with Crippen LogP contribution in [0.3, 0.4) is 0 Å². The summed E-state index contributed by atoms with van der Waals surface area (Å²) in [6.07, 6.45) is -4.62. The van der Waals surface area contributed by atoms with Gasteiger partial charge in [0.2, 0.25) is 5.91 Å². The first-order valence-electron chi connectivity index (χ1n) is 7.65. The summed E-state index contributed by atoms with van der Waals surface area (Å²) < 4.78 is 18.8. The largest absolute Gasteiger partial charge is 0.394 e. The van der Waals surface area contributed by atoms with E-state index in [1.165, 1.54) is 0 Å². The molecule has 0 aromatic carbocycles. The molecule has 1 aliphatic heterocycles. The molecule has 2 heterocycles. The number of H-pyrrole nitrogens is 1. The van der Waals surface area contributed by atoms with Gasteiger partial charge in [0.05, 0.1) is 6.61 Å². The highest BCUT2D eigenvalue weighted by molar-refractivity contribution is 5.90. The van der Waals surface area contributed by atoms with E-state index in [1.54, 1.807) is 0 Å². The maximum atomic E-state index is 12.8. The number of carbonyl (C=O) groups is 1. The predicted molar refractivity (Wildman–Crippen MR) is 82.4 cm³/mol. The number of hydrogen-bond acceptors (Lipinski definition) is 7. The van der Waals surface area contributed by atoms with Crippen LogP contribution in [0.5, 0.6) is 0 Å². The molecule has 0 bridgehead atoms. The summed E-state index contributed by atoms with van der Waals surface area (Å²) in [6.45, 7) is 3.00. The fourth-order valence-corrected chi connectivity index (χ4v) is 2.52. The number of ether oxygens (including phenoxy) is 1. The van der Waals surface area contributed by atoms with E-state index < -0.39 is 48.3 Å². The lowest BCUT2D eigenvalue weighted by Gasteiger charge is -2.18. The molecular weight excluding hydrogens is 341 g/mol. The van der Waals surface area contributed by atoms with Crippen LogP contribution in [0.4, 0.5) is 10.2 Å². The topological polar surface area (TPSA) is 143 Å². The number of halogens is 1. The summed E-state index contributed by atoms with van der Waals surface area (Å²) in [7, 11) is 0. The van der Waals surface area contributed by atoms with Crippen LogP contribution in [0.25, 0.3) is 0 Å². The fourth-order valence-electron chi connectivity index (χ4n) is 2.52. The molecule has 4 atom stereocenters. The third kappa shape index (κ3) is 4.12. The lowest BCUT2D eigenvalue weighted by Crippen LogP contribution is -2.39. The summed E-state index contributed by atoms with van der Waals surface area (Å²) in [5.74, 6) is -0.391. The van der Waals surface area contributed by atoms with E-state index in [4.69, 9.17) is 9.84 Å². The number of nitrogens with one attached hydrogen (secondary N) is 2. The number of rotatable bonds is 6. The van der Waals surface area contributed by atoms with Crippen molar-refractivity contribution in [1.82, 2.24) is 9.55 Å². The van der Waals surface area contributed by atoms with Crippen molar-refractivity contribution in [3.05, 3.63) is 27.0 Å². The number of nitrogens with zero attached hydrogens (tertiary/aromatic N) is 1. The van der Waals surface area contributed by atoms with Crippen LogP contribution in [0.15, 0.2) is 15.8 Å². The molecule has 1 amide bonds. The van der Waals surface area contributed by atoms with Gasteiger partial charge in [-0.1, -0.05) is 13.8 Å². The van der Waals surface area contributed by atoms with Crippen LogP contribution in [0.2, 0.25) is 0 Å². The summed E-state index contributed by atoms with van der Waals surface area (Å²) in [4.78, 5) is 41.3. The molecule has 0 unspecified atom stereocenters. The Bertz CT molecular complexity index is 732. The number of aliphatic hydroxyl groups excluding tert-OH is 2. The van der Waals surface area contributed by atoms with Gasteiger partial charge in [-0.05, 0) is 10.4 Å².